The first kappa shape index (κ1) is 15.6. The maximum absolute atomic E-state index is 12.9. The van der Waals surface area contributed by atoms with E-state index in [0.717, 1.165) is 5.56 Å². The second kappa shape index (κ2) is 7.84. The lowest BCUT2D eigenvalue weighted by Gasteiger charge is -2.23. The van der Waals surface area contributed by atoms with Crippen LogP contribution in [0, 0.1) is 5.82 Å². The monoisotopic (exact) mass is 320 g/mol. The van der Waals surface area contributed by atoms with Gasteiger partial charge >= 0.3 is 0 Å². The largest absolute Gasteiger partial charge is 0.387 e. The standard InChI is InChI=1S/C13H18BrFO3/c1-3-17-13(18-4-2)12(16)7-9-5-6-10(15)8-11(9)14/h5-6,8,12-13,16H,3-4,7H2,1-2H3. The van der Waals surface area contributed by atoms with Crippen LogP contribution in [-0.4, -0.2) is 30.7 Å². The van der Waals surface area contributed by atoms with Crippen LogP contribution in [-0.2, 0) is 15.9 Å². The Hall–Kier alpha value is -0.490. The molecule has 0 aromatic heterocycles. The molecule has 3 nitrogen and oxygen atoms in total. The Morgan fingerprint density at radius 1 is 1.28 bits per heavy atom. The van der Waals surface area contributed by atoms with E-state index in [1.54, 1.807) is 6.07 Å². The van der Waals surface area contributed by atoms with Gasteiger partial charge in [0.05, 0.1) is 0 Å². The van der Waals surface area contributed by atoms with Gasteiger partial charge in [-0.2, -0.15) is 0 Å². The fourth-order valence-electron chi connectivity index (χ4n) is 1.61. The predicted molar refractivity (Wildman–Crippen MR) is 70.9 cm³/mol. The van der Waals surface area contributed by atoms with Crippen molar-refractivity contribution in [3.8, 4) is 0 Å². The van der Waals surface area contributed by atoms with Crippen LogP contribution in [0.3, 0.4) is 0 Å². The fourth-order valence-corrected chi connectivity index (χ4v) is 2.12. The summed E-state index contributed by atoms with van der Waals surface area (Å²) in [5.41, 5.74) is 0.813. The summed E-state index contributed by atoms with van der Waals surface area (Å²) < 4.78 is 24.2. The first-order valence-electron chi connectivity index (χ1n) is 5.93. The number of halogens is 2. The molecule has 1 atom stereocenters. The SMILES string of the molecule is CCOC(OCC)C(O)Cc1ccc(F)cc1Br. The van der Waals surface area contributed by atoms with E-state index >= 15 is 0 Å². The Labute approximate surface area is 115 Å². The lowest BCUT2D eigenvalue weighted by atomic mass is 10.1. The van der Waals surface area contributed by atoms with Crippen molar-refractivity contribution in [3.63, 3.8) is 0 Å². The Kier molecular flexibility index (Phi) is 6.78. The molecule has 0 saturated carbocycles. The van der Waals surface area contributed by atoms with E-state index in [1.165, 1.54) is 12.1 Å². The van der Waals surface area contributed by atoms with E-state index < -0.39 is 12.4 Å². The fraction of sp³-hybridized carbons (Fsp3) is 0.538. The molecule has 0 aliphatic heterocycles. The maximum atomic E-state index is 12.9. The molecule has 0 fully saturated rings. The highest BCUT2D eigenvalue weighted by Gasteiger charge is 2.21. The molecule has 0 radical (unpaired) electrons. The summed E-state index contributed by atoms with van der Waals surface area (Å²) in [6.07, 6.45) is -1.10. The van der Waals surface area contributed by atoms with Crippen LogP contribution in [0.2, 0.25) is 0 Å². The minimum atomic E-state index is -0.785. The molecule has 5 heteroatoms. The second-order valence-corrected chi connectivity index (χ2v) is 4.64. The highest BCUT2D eigenvalue weighted by Crippen LogP contribution is 2.21. The molecule has 0 heterocycles. The van der Waals surface area contributed by atoms with E-state index in [4.69, 9.17) is 9.47 Å². The van der Waals surface area contributed by atoms with Gasteiger partial charge in [0.2, 0.25) is 0 Å². The first-order valence-corrected chi connectivity index (χ1v) is 6.73. The van der Waals surface area contributed by atoms with Crippen LogP contribution < -0.4 is 0 Å². The normalized spacial score (nSPS) is 13.0. The number of hydrogen-bond acceptors (Lipinski definition) is 3. The Morgan fingerprint density at radius 2 is 1.89 bits per heavy atom. The molecule has 0 amide bonds. The summed E-state index contributed by atoms with van der Waals surface area (Å²) in [6, 6.07) is 4.37. The van der Waals surface area contributed by atoms with Crippen LogP contribution >= 0.6 is 15.9 Å². The number of ether oxygens (including phenoxy) is 2. The van der Waals surface area contributed by atoms with Gasteiger partial charge in [-0.05, 0) is 31.5 Å². The van der Waals surface area contributed by atoms with E-state index in [0.29, 0.717) is 24.1 Å². The quantitative estimate of drug-likeness (QED) is 0.785. The summed E-state index contributed by atoms with van der Waals surface area (Å²) in [6.45, 7) is 4.61. The van der Waals surface area contributed by atoms with Crippen LogP contribution in [0.5, 0.6) is 0 Å². The highest BCUT2D eigenvalue weighted by molar-refractivity contribution is 9.10. The summed E-state index contributed by atoms with van der Waals surface area (Å²) in [5, 5.41) is 10.1. The number of aliphatic hydroxyl groups is 1. The lowest BCUT2D eigenvalue weighted by molar-refractivity contribution is -0.188. The molecule has 1 aromatic rings. The van der Waals surface area contributed by atoms with Crippen molar-refractivity contribution in [2.24, 2.45) is 0 Å². The third-order valence-corrected chi connectivity index (χ3v) is 3.16. The molecule has 1 N–H and O–H groups in total. The Bertz CT molecular complexity index is 367. The van der Waals surface area contributed by atoms with E-state index in [-0.39, 0.29) is 5.82 Å². The minimum absolute atomic E-state index is 0.314. The molecule has 102 valence electrons. The van der Waals surface area contributed by atoms with Gasteiger partial charge in [-0.1, -0.05) is 22.0 Å². The highest BCUT2D eigenvalue weighted by atomic mass is 79.9. The van der Waals surface area contributed by atoms with E-state index in [2.05, 4.69) is 15.9 Å². The molecule has 18 heavy (non-hydrogen) atoms. The Morgan fingerprint density at radius 3 is 2.39 bits per heavy atom. The van der Waals surface area contributed by atoms with E-state index in [9.17, 15) is 9.50 Å². The molecule has 1 rings (SSSR count). The van der Waals surface area contributed by atoms with Gasteiger partial charge < -0.3 is 14.6 Å². The molecule has 1 aromatic carbocycles. The van der Waals surface area contributed by atoms with Crippen LogP contribution in [0.1, 0.15) is 19.4 Å². The second-order valence-electron chi connectivity index (χ2n) is 3.79. The van der Waals surface area contributed by atoms with Crippen molar-refractivity contribution in [1.82, 2.24) is 0 Å². The maximum Gasteiger partial charge on any atom is 0.183 e. The number of aliphatic hydroxyl groups excluding tert-OH is 1. The van der Waals surface area contributed by atoms with Gasteiger partial charge in [-0.3, -0.25) is 0 Å². The molecule has 0 saturated heterocycles. The number of rotatable bonds is 7. The summed E-state index contributed by atoms with van der Waals surface area (Å²) in [5.74, 6) is -0.314. The van der Waals surface area contributed by atoms with Crippen LogP contribution in [0.4, 0.5) is 4.39 Å². The van der Waals surface area contributed by atoms with Crippen molar-refractivity contribution in [2.45, 2.75) is 32.7 Å². The minimum Gasteiger partial charge on any atom is -0.387 e. The zero-order valence-corrected chi connectivity index (χ0v) is 12.1. The van der Waals surface area contributed by atoms with Crippen molar-refractivity contribution >= 4 is 15.9 Å². The average molecular weight is 321 g/mol. The van der Waals surface area contributed by atoms with Gasteiger partial charge in [0, 0.05) is 24.1 Å². The third-order valence-electron chi connectivity index (χ3n) is 2.42. The van der Waals surface area contributed by atoms with Crippen molar-refractivity contribution in [3.05, 3.63) is 34.1 Å². The molecule has 0 aliphatic rings. The molecule has 0 aliphatic carbocycles. The lowest BCUT2D eigenvalue weighted by Crippen LogP contribution is -2.33. The number of hydrogen-bond donors (Lipinski definition) is 1. The van der Waals surface area contributed by atoms with Gasteiger partial charge in [0.25, 0.3) is 0 Å². The molecule has 0 spiro atoms. The number of benzene rings is 1. The summed E-state index contributed by atoms with van der Waals surface area (Å²) >= 11 is 3.27. The van der Waals surface area contributed by atoms with Gasteiger partial charge in [0.15, 0.2) is 6.29 Å². The van der Waals surface area contributed by atoms with Crippen LogP contribution in [0.25, 0.3) is 0 Å². The zero-order valence-electron chi connectivity index (χ0n) is 10.5. The van der Waals surface area contributed by atoms with Crippen molar-refractivity contribution in [1.29, 1.82) is 0 Å². The first-order chi connectivity index (χ1) is 8.58. The summed E-state index contributed by atoms with van der Waals surface area (Å²) in [7, 11) is 0. The van der Waals surface area contributed by atoms with E-state index in [1.807, 2.05) is 13.8 Å². The third kappa shape index (κ3) is 4.65. The van der Waals surface area contributed by atoms with Gasteiger partial charge in [-0.15, -0.1) is 0 Å². The topological polar surface area (TPSA) is 38.7 Å². The summed E-state index contributed by atoms with van der Waals surface area (Å²) in [4.78, 5) is 0. The Balaban J connectivity index is 2.69. The smallest absolute Gasteiger partial charge is 0.183 e. The predicted octanol–water partition coefficient (Wildman–Crippen LogP) is 2.89. The van der Waals surface area contributed by atoms with Gasteiger partial charge in [-0.25, -0.2) is 4.39 Å². The molecule has 1 unspecified atom stereocenters. The molecular weight excluding hydrogens is 303 g/mol. The van der Waals surface area contributed by atoms with Gasteiger partial charge in [0.1, 0.15) is 11.9 Å². The van der Waals surface area contributed by atoms with Crippen molar-refractivity contribution in [2.75, 3.05) is 13.2 Å². The zero-order chi connectivity index (χ0) is 13.5. The average Bonchev–Trinajstić information content (AvgIpc) is 2.32. The van der Waals surface area contributed by atoms with Crippen molar-refractivity contribution < 1.29 is 19.0 Å². The molecule has 0 bridgehead atoms. The molecular formula is C13H18BrFO3. The van der Waals surface area contributed by atoms with Crippen LogP contribution in [0.15, 0.2) is 22.7 Å².